The number of ether oxygens (including phenoxy) is 1. The van der Waals surface area contributed by atoms with Crippen LogP contribution in [-0.4, -0.2) is 46.7 Å². The van der Waals surface area contributed by atoms with Crippen LogP contribution >= 0.6 is 0 Å². The quantitative estimate of drug-likeness (QED) is 0.281. The summed E-state index contributed by atoms with van der Waals surface area (Å²) in [6.07, 6.45) is 5.88. The molecule has 0 unspecified atom stereocenters. The van der Waals surface area contributed by atoms with Gasteiger partial charge in [-0.1, -0.05) is 50.6 Å². The molecule has 6 heteroatoms. The molecule has 0 heterocycles. The normalized spacial score (nSPS) is 11.2. The molecule has 0 spiro atoms. The molecule has 0 amide bonds. The molecule has 2 aromatic carbocycles. The van der Waals surface area contributed by atoms with Crippen LogP contribution in [0.15, 0.2) is 48.5 Å². The molecule has 0 aliphatic heterocycles. The Kier molecular flexibility index (Phi) is 12.2. The number of carboxylic acids is 2. The van der Waals surface area contributed by atoms with Crippen LogP contribution in [0.1, 0.15) is 73.9 Å². The Balaban J connectivity index is 1.96. The molecule has 0 aliphatic rings. The first-order valence-electron chi connectivity index (χ1n) is 12.3. The van der Waals surface area contributed by atoms with E-state index in [2.05, 4.69) is 24.8 Å². The fourth-order valence-corrected chi connectivity index (χ4v) is 3.86. The van der Waals surface area contributed by atoms with Crippen LogP contribution < -0.4 is 4.74 Å². The van der Waals surface area contributed by atoms with Crippen LogP contribution in [0.4, 0.5) is 0 Å². The van der Waals surface area contributed by atoms with Gasteiger partial charge in [0.15, 0.2) is 0 Å². The molecule has 0 atom stereocenters. The predicted octanol–water partition coefficient (Wildman–Crippen LogP) is 5.89. The van der Waals surface area contributed by atoms with Gasteiger partial charge < -0.3 is 14.9 Å². The van der Waals surface area contributed by atoms with E-state index in [1.807, 2.05) is 30.3 Å². The van der Waals surface area contributed by atoms with E-state index < -0.39 is 11.9 Å². The molecule has 0 aromatic heterocycles. The van der Waals surface area contributed by atoms with Gasteiger partial charge in [0.1, 0.15) is 5.75 Å². The first kappa shape index (κ1) is 27.4. The summed E-state index contributed by atoms with van der Waals surface area (Å²) < 4.78 is 6.09. The highest BCUT2D eigenvalue weighted by atomic mass is 16.5. The smallest absolute Gasteiger partial charge is 0.335 e. The third-order valence-corrected chi connectivity index (χ3v) is 5.83. The zero-order chi connectivity index (χ0) is 24.8. The first-order chi connectivity index (χ1) is 16.3. The van der Waals surface area contributed by atoms with Crippen LogP contribution in [-0.2, 0) is 17.8 Å². The van der Waals surface area contributed by atoms with Crippen molar-refractivity contribution in [1.29, 1.82) is 0 Å². The van der Waals surface area contributed by atoms with Gasteiger partial charge in [-0.05, 0) is 73.9 Å². The van der Waals surface area contributed by atoms with Crippen molar-refractivity contribution >= 4 is 11.9 Å². The van der Waals surface area contributed by atoms with Crippen molar-refractivity contribution in [3.8, 4) is 5.75 Å². The molecule has 186 valence electrons. The second-order valence-corrected chi connectivity index (χ2v) is 9.22. The van der Waals surface area contributed by atoms with E-state index in [-0.39, 0.29) is 12.0 Å². The number of unbranched alkanes of at least 4 members (excludes halogenated alkanes) is 2. The largest absolute Gasteiger partial charge is 0.493 e. The van der Waals surface area contributed by atoms with Crippen molar-refractivity contribution in [1.82, 2.24) is 4.90 Å². The Morgan fingerprint density at radius 2 is 1.65 bits per heavy atom. The van der Waals surface area contributed by atoms with Gasteiger partial charge in [-0.3, -0.25) is 9.69 Å². The van der Waals surface area contributed by atoms with Gasteiger partial charge in [0.25, 0.3) is 0 Å². The Bertz CT molecular complexity index is 879. The maximum absolute atomic E-state index is 11.1. The summed E-state index contributed by atoms with van der Waals surface area (Å²) in [7, 11) is 0. The van der Waals surface area contributed by atoms with Crippen molar-refractivity contribution in [2.45, 2.75) is 65.3 Å². The number of rotatable bonds is 17. The summed E-state index contributed by atoms with van der Waals surface area (Å²) in [6, 6.07) is 15.1. The Morgan fingerprint density at radius 1 is 0.912 bits per heavy atom. The van der Waals surface area contributed by atoms with Crippen molar-refractivity contribution in [2.24, 2.45) is 5.92 Å². The van der Waals surface area contributed by atoms with Crippen molar-refractivity contribution in [3.63, 3.8) is 0 Å². The summed E-state index contributed by atoms with van der Waals surface area (Å²) in [5.74, 6) is -0.0500. The number of hydrogen-bond donors (Lipinski definition) is 2. The highest BCUT2D eigenvalue weighted by Crippen LogP contribution is 2.20. The lowest BCUT2D eigenvalue weighted by Crippen LogP contribution is -2.27. The molecule has 0 bridgehead atoms. The highest BCUT2D eigenvalue weighted by molar-refractivity contribution is 5.87. The fourth-order valence-electron chi connectivity index (χ4n) is 3.86. The van der Waals surface area contributed by atoms with E-state index in [0.717, 1.165) is 50.3 Å². The molecule has 2 aromatic rings. The number of carboxylic acid groups (broad SMARTS) is 2. The molecule has 0 aliphatic carbocycles. The molecule has 34 heavy (non-hydrogen) atoms. The molecule has 0 saturated carbocycles. The monoisotopic (exact) mass is 469 g/mol. The summed E-state index contributed by atoms with van der Waals surface area (Å²) in [6.45, 7) is 7.48. The van der Waals surface area contributed by atoms with Crippen molar-refractivity contribution in [3.05, 3.63) is 65.2 Å². The number of para-hydroxylation sites is 1. The molecule has 0 fully saturated rings. The molecule has 0 radical (unpaired) electrons. The number of hydrogen-bond acceptors (Lipinski definition) is 4. The molecular formula is C28H39NO5. The number of carbonyl (C=O) groups is 2. The van der Waals surface area contributed by atoms with E-state index in [1.54, 1.807) is 12.1 Å². The van der Waals surface area contributed by atoms with Gasteiger partial charge >= 0.3 is 11.9 Å². The second-order valence-electron chi connectivity index (χ2n) is 9.22. The van der Waals surface area contributed by atoms with Crippen LogP contribution in [0.2, 0.25) is 0 Å². The SMILES string of the molecule is CC(C)CCCCOc1ccccc1CCN(CCCCC(=O)O)Cc1ccc(C(=O)O)cc1. The van der Waals surface area contributed by atoms with Gasteiger partial charge in [-0.2, -0.15) is 0 Å². The lowest BCUT2D eigenvalue weighted by Gasteiger charge is -2.23. The minimum absolute atomic E-state index is 0.175. The Hall–Kier alpha value is -2.86. The van der Waals surface area contributed by atoms with E-state index in [0.29, 0.717) is 18.9 Å². The zero-order valence-electron chi connectivity index (χ0n) is 20.5. The number of benzene rings is 2. The minimum atomic E-state index is -0.933. The van der Waals surface area contributed by atoms with E-state index in [4.69, 9.17) is 14.9 Å². The molecule has 2 rings (SSSR count). The highest BCUT2D eigenvalue weighted by Gasteiger charge is 2.11. The molecule has 0 saturated heterocycles. The number of nitrogens with zero attached hydrogens (tertiary/aromatic N) is 1. The Labute approximate surface area is 203 Å². The second kappa shape index (κ2) is 15.1. The Morgan fingerprint density at radius 3 is 2.32 bits per heavy atom. The maximum atomic E-state index is 11.1. The van der Waals surface area contributed by atoms with Gasteiger partial charge in [0.2, 0.25) is 0 Å². The minimum Gasteiger partial charge on any atom is -0.493 e. The van der Waals surface area contributed by atoms with Gasteiger partial charge in [0.05, 0.1) is 12.2 Å². The fraction of sp³-hybridized carbons (Fsp3) is 0.500. The lowest BCUT2D eigenvalue weighted by molar-refractivity contribution is -0.137. The first-order valence-corrected chi connectivity index (χ1v) is 12.3. The predicted molar refractivity (Wildman–Crippen MR) is 134 cm³/mol. The zero-order valence-corrected chi connectivity index (χ0v) is 20.5. The third-order valence-electron chi connectivity index (χ3n) is 5.83. The van der Waals surface area contributed by atoms with E-state index in [9.17, 15) is 9.59 Å². The van der Waals surface area contributed by atoms with Crippen LogP contribution in [0.3, 0.4) is 0 Å². The standard InChI is InChI=1S/C28H39NO5/c1-22(2)9-6-8-20-34-26-11-4-3-10-24(26)17-19-29(18-7-5-12-27(30)31)21-23-13-15-25(16-14-23)28(32)33/h3-4,10-11,13-16,22H,5-9,12,17-21H2,1-2H3,(H,30,31)(H,32,33). The van der Waals surface area contributed by atoms with Gasteiger partial charge in [-0.25, -0.2) is 4.79 Å². The molecule has 6 nitrogen and oxygen atoms in total. The third kappa shape index (κ3) is 10.8. The lowest BCUT2D eigenvalue weighted by atomic mass is 10.1. The van der Waals surface area contributed by atoms with Crippen LogP contribution in [0.25, 0.3) is 0 Å². The number of aromatic carboxylic acids is 1. The average molecular weight is 470 g/mol. The maximum Gasteiger partial charge on any atom is 0.335 e. The average Bonchev–Trinajstić information content (AvgIpc) is 2.80. The van der Waals surface area contributed by atoms with Crippen molar-refractivity contribution in [2.75, 3.05) is 19.7 Å². The summed E-state index contributed by atoms with van der Waals surface area (Å²) in [4.78, 5) is 24.3. The summed E-state index contributed by atoms with van der Waals surface area (Å²) in [5.41, 5.74) is 2.48. The van der Waals surface area contributed by atoms with E-state index in [1.165, 1.54) is 18.4 Å². The molecular weight excluding hydrogens is 430 g/mol. The summed E-state index contributed by atoms with van der Waals surface area (Å²) in [5, 5.41) is 18.1. The van der Waals surface area contributed by atoms with Crippen LogP contribution in [0, 0.1) is 5.92 Å². The van der Waals surface area contributed by atoms with Crippen LogP contribution in [0.5, 0.6) is 5.75 Å². The van der Waals surface area contributed by atoms with E-state index >= 15 is 0 Å². The van der Waals surface area contributed by atoms with Gasteiger partial charge in [0, 0.05) is 19.5 Å². The van der Waals surface area contributed by atoms with Crippen molar-refractivity contribution < 1.29 is 24.5 Å². The summed E-state index contributed by atoms with van der Waals surface area (Å²) >= 11 is 0. The topological polar surface area (TPSA) is 87.1 Å². The van der Waals surface area contributed by atoms with Gasteiger partial charge in [-0.15, -0.1) is 0 Å². The number of aliphatic carboxylic acids is 1. The molecule has 2 N–H and O–H groups in total.